The third-order valence-corrected chi connectivity index (χ3v) is 1.40. The molecule has 0 saturated heterocycles. The van der Waals surface area contributed by atoms with Crippen molar-refractivity contribution in [3.63, 3.8) is 0 Å². The molecule has 0 aliphatic heterocycles. The maximum absolute atomic E-state index is 11.1. The van der Waals surface area contributed by atoms with Gasteiger partial charge in [0.2, 0.25) is 5.91 Å². The van der Waals surface area contributed by atoms with E-state index < -0.39 is 12.0 Å². The van der Waals surface area contributed by atoms with Gasteiger partial charge in [-0.1, -0.05) is 5.92 Å². The summed E-state index contributed by atoms with van der Waals surface area (Å²) in [6.45, 7) is -0.176. The molecule has 0 atom stereocenters. The van der Waals surface area contributed by atoms with Crippen molar-refractivity contribution in [2.75, 3.05) is 13.7 Å². The molecular formula is C9H11NO4. The van der Waals surface area contributed by atoms with Gasteiger partial charge in [0.15, 0.2) is 6.61 Å². The van der Waals surface area contributed by atoms with E-state index in [1.807, 2.05) is 0 Å². The van der Waals surface area contributed by atoms with Gasteiger partial charge < -0.3 is 9.53 Å². The molecule has 0 spiro atoms. The van der Waals surface area contributed by atoms with E-state index in [-0.39, 0.29) is 19.4 Å². The van der Waals surface area contributed by atoms with Gasteiger partial charge in [-0.25, -0.2) is 4.79 Å². The number of rotatable bonds is 4. The number of amides is 2. The fourth-order valence-electron chi connectivity index (χ4n) is 0.652. The predicted molar refractivity (Wildman–Crippen MR) is 48.2 cm³/mol. The molecule has 0 unspecified atom stereocenters. The van der Waals surface area contributed by atoms with Crippen molar-refractivity contribution >= 4 is 18.3 Å². The van der Waals surface area contributed by atoms with E-state index in [9.17, 15) is 14.4 Å². The zero-order valence-electron chi connectivity index (χ0n) is 7.86. The van der Waals surface area contributed by atoms with Crippen LogP contribution in [0.5, 0.6) is 0 Å². The Hall–Kier alpha value is -1.83. The second-order valence-electron chi connectivity index (χ2n) is 2.42. The van der Waals surface area contributed by atoms with Gasteiger partial charge in [-0.15, -0.1) is 6.42 Å². The van der Waals surface area contributed by atoms with E-state index in [1.165, 1.54) is 7.05 Å². The molecule has 0 saturated carbocycles. The van der Waals surface area contributed by atoms with Crippen LogP contribution in [0, 0.1) is 12.3 Å². The van der Waals surface area contributed by atoms with Crippen molar-refractivity contribution in [1.29, 1.82) is 0 Å². The summed E-state index contributed by atoms with van der Waals surface area (Å²) >= 11 is 0. The maximum Gasteiger partial charge on any atom is 0.417 e. The first-order valence-electron chi connectivity index (χ1n) is 3.94. The Kier molecular flexibility index (Phi) is 5.79. The van der Waals surface area contributed by atoms with Gasteiger partial charge in [-0.2, -0.15) is 0 Å². The Bertz CT molecular complexity index is 266. The number of hydrogen-bond donors (Lipinski definition) is 0. The minimum atomic E-state index is -0.807. The Morgan fingerprint density at radius 3 is 2.71 bits per heavy atom. The molecule has 0 N–H and O–H groups in total. The van der Waals surface area contributed by atoms with Gasteiger partial charge in [0.1, 0.15) is 6.29 Å². The van der Waals surface area contributed by atoms with Crippen molar-refractivity contribution in [2.24, 2.45) is 0 Å². The van der Waals surface area contributed by atoms with Crippen LogP contribution in [0.1, 0.15) is 12.8 Å². The molecule has 5 nitrogen and oxygen atoms in total. The molecule has 0 bridgehead atoms. The van der Waals surface area contributed by atoms with Gasteiger partial charge in [0.05, 0.1) is 0 Å². The maximum atomic E-state index is 11.1. The molecule has 0 fully saturated rings. The summed E-state index contributed by atoms with van der Waals surface area (Å²) in [7, 11) is 1.27. The third-order valence-electron chi connectivity index (χ3n) is 1.40. The van der Waals surface area contributed by atoms with E-state index in [2.05, 4.69) is 10.7 Å². The van der Waals surface area contributed by atoms with E-state index >= 15 is 0 Å². The average Bonchev–Trinajstić information content (AvgIpc) is 2.21. The van der Waals surface area contributed by atoms with E-state index in [1.54, 1.807) is 0 Å². The number of ether oxygens (including phenoxy) is 1. The second kappa shape index (κ2) is 6.66. The van der Waals surface area contributed by atoms with Crippen LogP contribution >= 0.6 is 0 Å². The number of carbonyl (C=O) groups is 3. The molecule has 0 heterocycles. The molecule has 0 aliphatic carbocycles. The number of aldehydes is 1. The van der Waals surface area contributed by atoms with Gasteiger partial charge in [-0.3, -0.25) is 9.69 Å². The zero-order chi connectivity index (χ0) is 11.0. The van der Waals surface area contributed by atoms with Crippen molar-refractivity contribution in [2.45, 2.75) is 12.8 Å². The topological polar surface area (TPSA) is 63.7 Å². The lowest BCUT2D eigenvalue weighted by Gasteiger charge is -2.13. The van der Waals surface area contributed by atoms with Crippen molar-refractivity contribution in [3.8, 4) is 12.3 Å². The van der Waals surface area contributed by atoms with E-state index in [4.69, 9.17) is 6.42 Å². The predicted octanol–water partition coefficient (Wildman–Crippen LogP) is 0.194. The highest BCUT2D eigenvalue weighted by atomic mass is 16.6. The number of imide groups is 1. The molecular weight excluding hydrogens is 186 g/mol. The van der Waals surface area contributed by atoms with Crippen LogP contribution in [0.3, 0.4) is 0 Å². The van der Waals surface area contributed by atoms with E-state index in [0.29, 0.717) is 6.29 Å². The first-order chi connectivity index (χ1) is 6.63. The third kappa shape index (κ3) is 4.26. The molecule has 2 amide bonds. The first kappa shape index (κ1) is 12.2. The molecule has 0 aromatic rings. The average molecular weight is 197 g/mol. The molecule has 14 heavy (non-hydrogen) atoms. The highest BCUT2D eigenvalue weighted by Gasteiger charge is 2.16. The van der Waals surface area contributed by atoms with Crippen LogP contribution in [-0.4, -0.2) is 36.8 Å². The van der Waals surface area contributed by atoms with E-state index in [0.717, 1.165) is 4.90 Å². The van der Waals surface area contributed by atoms with Crippen LogP contribution in [0.4, 0.5) is 4.79 Å². The summed E-state index contributed by atoms with van der Waals surface area (Å²) in [6, 6.07) is 0. The van der Waals surface area contributed by atoms with Crippen molar-refractivity contribution < 1.29 is 19.1 Å². The Morgan fingerprint density at radius 2 is 2.21 bits per heavy atom. The number of carbonyl (C=O) groups excluding carboxylic acids is 3. The monoisotopic (exact) mass is 197 g/mol. The summed E-state index contributed by atoms with van der Waals surface area (Å²) in [6.07, 6.45) is 4.74. The van der Waals surface area contributed by atoms with Crippen LogP contribution in [0.25, 0.3) is 0 Å². The molecule has 0 aromatic carbocycles. The number of nitrogens with zero attached hydrogens (tertiary/aromatic N) is 1. The highest BCUT2D eigenvalue weighted by molar-refractivity contribution is 5.92. The molecule has 0 aliphatic rings. The number of terminal acetylenes is 1. The lowest BCUT2D eigenvalue weighted by Crippen LogP contribution is -2.33. The van der Waals surface area contributed by atoms with Crippen LogP contribution in [-0.2, 0) is 14.3 Å². The lowest BCUT2D eigenvalue weighted by molar-refractivity contribution is -0.129. The minimum absolute atomic E-state index is 0.00878. The Morgan fingerprint density at radius 1 is 1.57 bits per heavy atom. The number of hydrogen-bond acceptors (Lipinski definition) is 4. The molecule has 76 valence electrons. The molecule has 0 rings (SSSR count). The first-order valence-corrected chi connectivity index (χ1v) is 3.94. The standard InChI is InChI=1S/C9H11NO4/c1-3-7-14-9(13)10(2)8(12)5-4-6-11/h1,6H,4-5,7H2,2H3. The summed E-state index contributed by atoms with van der Waals surface area (Å²) in [5, 5.41) is 0. The largest absolute Gasteiger partial charge is 0.436 e. The summed E-state index contributed by atoms with van der Waals surface area (Å²) in [4.78, 5) is 32.9. The Labute approximate surface area is 82.0 Å². The summed E-state index contributed by atoms with van der Waals surface area (Å²) < 4.78 is 4.50. The van der Waals surface area contributed by atoms with Gasteiger partial charge in [0, 0.05) is 19.9 Å². The lowest BCUT2D eigenvalue weighted by atomic mass is 10.3. The van der Waals surface area contributed by atoms with Crippen molar-refractivity contribution in [1.82, 2.24) is 4.90 Å². The van der Waals surface area contributed by atoms with Gasteiger partial charge >= 0.3 is 6.09 Å². The van der Waals surface area contributed by atoms with Crippen LogP contribution in [0.15, 0.2) is 0 Å². The van der Waals surface area contributed by atoms with Crippen LogP contribution < -0.4 is 0 Å². The van der Waals surface area contributed by atoms with Crippen molar-refractivity contribution in [3.05, 3.63) is 0 Å². The summed E-state index contributed by atoms with van der Waals surface area (Å²) in [5.41, 5.74) is 0. The normalized spacial score (nSPS) is 8.57. The molecule has 0 aromatic heterocycles. The fourth-order valence-corrected chi connectivity index (χ4v) is 0.652. The second-order valence-corrected chi connectivity index (χ2v) is 2.42. The Balaban J connectivity index is 3.98. The molecule has 0 radical (unpaired) electrons. The summed E-state index contributed by atoms with van der Waals surface area (Å²) in [5.74, 6) is 1.63. The quantitative estimate of drug-likeness (QED) is 0.477. The zero-order valence-corrected chi connectivity index (χ0v) is 7.86. The van der Waals surface area contributed by atoms with Crippen LogP contribution in [0.2, 0.25) is 0 Å². The highest BCUT2D eigenvalue weighted by Crippen LogP contribution is 1.96. The van der Waals surface area contributed by atoms with Gasteiger partial charge in [-0.05, 0) is 0 Å². The SMILES string of the molecule is C#CCOC(=O)N(C)C(=O)CCC=O. The fraction of sp³-hybridized carbons (Fsp3) is 0.444. The molecule has 5 heteroatoms. The minimum Gasteiger partial charge on any atom is -0.436 e. The van der Waals surface area contributed by atoms with Gasteiger partial charge in [0.25, 0.3) is 0 Å². The smallest absolute Gasteiger partial charge is 0.417 e.